The average Bonchev–Trinajstić information content (AvgIpc) is 2.62. The van der Waals surface area contributed by atoms with Crippen molar-refractivity contribution in [2.24, 2.45) is 0 Å². The molecule has 1 rings (SSSR count). The van der Waals surface area contributed by atoms with E-state index in [1.165, 1.54) is 0 Å². The van der Waals surface area contributed by atoms with Gasteiger partial charge in [-0.1, -0.05) is 34.6 Å². The van der Waals surface area contributed by atoms with Crippen LogP contribution in [0.15, 0.2) is 0 Å². The molecular formula is C22H34O7S2. The highest BCUT2D eigenvalue weighted by atomic mass is 32.1. The number of phenolic OH excluding ortho intramolecular Hbond substituents is 1. The van der Waals surface area contributed by atoms with Gasteiger partial charge in [-0.2, -0.15) is 25.3 Å². The third-order valence-electron chi connectivity index (χ3n) is 5.32. The van der Waals surface area contributed by atoms with Gasteiger partial charge in [-0.3, -0.25) is 9.59 Å². The zero-order valence-corrected chi connectivity index (χ0v) is 20.4. The van der Waals surface area contributed by atoms with E-state index in [1.807, 2.05) is 20.8 Å². The average molecular weight is 475 g/mol. The Hall–Kier alpha value is -1.42. The molecule has 176 valence electrons. The number of carbonyl (C=O) groups is 2. The lowest BCUT2D eigenvalue weighted by Crippen LogP contribution is -2.24. The Morgan fingerprint density at radius 3 is 1.55 bits per heavy atom. The molecule has 0 aliphatic carbocycles. The Kier molecular flexibility index (Phi) is 9.74. The predicted octanol–water partition coefficient (Wildman–Crippen LogP) is 3.77. The van der Waals surface area contributed by atoms with Crippen LogP contribution in [0, 0.1) is 0 Å². The van der Waals surface area contributed by atoms with Gasteiger partial charge in [0.15, 0.2) is 0 Å². The molecule has 0 saturated carbocycles. The van der Waals surface area contributed by atoms with Crippen LogP contribution in [0.2, 0.25) is 0 Å². The van der Waals surface area contributed by atoms with Crippen LogP contribution in [-0.4, -0.2) is 50.7 Å². The molecule has 5 N–H and O–H groups in total. The van der Waals surface area contributed by atoms with Gasteiger partial charge >= 0.3 is 11.9 Å². The number of aliphatic hydroxyl groups excluding tert-OH is 2. The van der Waals surface area contributed by atoms with E-state index in [9.17, 15) is 35.1 Å². The Morgan fingerprint density at radius 1 is 0.806 bits per heavy atom. The fraction of sp³-hybridized carbons (Fsp3) is 0.636. The van der Waals surface area contributed by atoms with E-state index in [2.05, 4.69) is 25.3 Å². The third-order valence-corrected chi connectivity index (χ3v) is 6.20. The molecule has 9 heteroatoms. The molecule has 31 heavy (non-hydrogen) atoms. The van der Waals surface area contributed by atoms with Gasteiger partial charge in [0.05, 0.1) is 12.8 Å². The summed E-state index contributed by atoms with van der Waals surface area (Å²) in [5.74, 6) is -3.35. The number of carboxylic acids is 2. The molecule has 4 atom stereocenters. The summed E-state index contributed by atoms with van der Waals surface area (Å²) >= 11 is 9.02. The van der Waals surface area contributed by atoms with Gasteiger partial charge in [0.1, 0.15) is 5.75 Å². The van der Waals surface area contributed by atoms with Crippen molar-refractivity contribution in [2.45, 2.75) is 75.2 Å². The van der Waals surface area contributed by atoms with Gasteiger partial charge in [0, 0.05) is 46.7 Å². The first kappa shape index (κ1) is 27.6. The maximum absolute atomic E-state index is 11.5. The van der Waals surface area contributed by atoms with E-state index >= 15 is 0 Å². The van der Waals surface area contributed by atoms with Crippen LogP contribution >= 0.6 is 25.3 Å². The van der Waals surface area contributed by atoms with Crippen LogP contribution in [0.4, 0.5) is 0 Å². The maximum Gasteiger partial charge on any atom is 0.304 e. The number of thiol groups is 2. The first-order valence-corrected chi connectivity index (χ1v) is 11.2. The Bertz CT molecular complexity index is 817. The zero-order valence-electron chi connectivity index (χ0n) is 18.6. The fourth-order valence-electron chi connectivity index (χ4n) is 4.03. The molecule has 0 aromatic heterocycles. The van der Waals surface area contributed by atoms with Crippen LogP contribution < -0.4 is 0 Å². The molecule has 0 aliphatic rings. The van der Waals surface area contributed by atoms with Crippen molar-refractivity contribution in [2.75, 3.05) is 13.2 Å². The highest BCUT2D eigenvalue weighted by Crippen LogP contribution is 2.51. The lowest BCUT2D eigenvalue weighted by Gasteiger charge is -2.36. The first-order chi connectivity index (χ1) is 14.2. The largest absolute Gasteiger partial charge is 0.507 e. The lowest BCUT2D eigenvalue weighted by molar-refractivity contribution is -0.138. The molecule has 1 aromatic rings. The van der Waals surface area contributed by atoms with E-state index in [0.29, 0.717) is 22.3 Å². The summed E-state index contributed by atoms with van der Waals surface area (Å²) in [6.07, 6.45) is -0.709. The van der Waals surface area contributed by atoms with Gasteiger partial charge in [-0.05, 0) is 22.1 Å². The van der Waals surface area contributed by atoms with Crippen LogP contribution in [0.1, 0.15) is 97.6 Å². The zero-order chi connectivity index (χ0) is 24.3. The van der Waals surface area contributed by atoms with E-state index in [-0.39, 0.29) is 37.4 Å². The summed E-state index contributed by atoms with van der Waals surface area (Å²) in [5, 5.41) is 48.4. The highest BCUT2D eigenvalue weighted by Gasteiger charge is 2.37. The van der Waals surface area contributed by atoms with Gasteiger partial charge in [-0.15, -0.1) is 0 Å². The smallest absolute Gasteiger partial charge is 0.304 e. The van der Waals surface area contributed by atoms with Gasteiger partial charge < -0.3 is 25.5 Å². The second-order valence-electron chi connectivity index (χ2n) is 9.02. The molecule has 7 nitrogen and oxygen atoms in total. The molecule has 0 bridgehead atoms. The minimum Gasteiger partial charge on any atom is -0.507 e. The minimum atomic E-state index is -1.11. The van der Waals surface area contributed by atoms with Crippen molar-refractivity contribution in [1.29, 1.82) is 0 Å². The maximum atomic E-state index is 11.5. The number of phenols is 1. The standard InChI is InChI=1S/C22H34O7S2/c1-10(8-23)16-18(12(30)6-14(25)26)17(11(2)9-24)20(22(3,4)5)21(29)19(16)13(31)7-15(27)28/h10-13,23-24,29-31H,6-9H2,1-5H3,(H,25,26)(H,27,28). The molecular weight excluding hydrogens is 440 g/mol. The molecule has 4 unspecified atom stereocenters. The quantitative estimate of drug-likeness (QED) is 0.257. The number of aliphatic hydroxyl groups is 2. The number of aromatic hydroxyl groups is 1. The molecule has 0 heterocycles. The molecule has 1 aromatic carbocycles. The second-order valence-corrected chi connectivity index (χ2v) is 10.3. The summed E-state index contributed by atoms with van der Waals surface area (Å²) in [7, 11) is 0. The van der Waals surface area contributed by atoms with Crippen molar-refractivity contribution in [1.82, 2.24) is 0 Å². The number of hydrogen-bond acceptors (Lipinski definition) is 7. The molecule has 0 amide bonds. The Balaban J connectivity index is 4.29. The lowest BCUT2D eigenvalue weighted by atomic mass is 9.72. The van der Waals surface area contributed by atoms with Crippen molar-refractivity contribution in [3.8, 4) is 5.75 Å². The van der Waals surface area contributed by atoms with Crippen LogP contribution in [0.3, 0.4) is 0 Å². The topological polar surface area (TPSA) is 135 Å². The fourth-order valence-corrected chi connectivity index (χ4v) is 4.88. The SMILES string of the molecule is CC(CO)c1c(C(S)CC(=O)O)c(O)c(C(C)(C)C)c(C(C)CO)c1C(S)CC(=O)O. The van der Waals surface area contributed by atoms with Crippen LogP contribution in [0.25, 0.3) is 0 Å². The van der Waals surface area contributed by atoms with E-state index in [4.69, 9.17) is 0 Å². The normalized spacial score (nSPS) is 15.9. The van der Waals surface area contributed by atoms with Crippen molar-refractivity contribution in [3.05, 3.63) is 27.8 Å². The van der Waals surface area contributed by atoms with Crippen LogP contribution in [-0.2, 0) is 15.0 Å². The van der Waals surface area contributed by atoms with E-state index < -0.39 is 39.7 Å². The molecule has 0 fully saturated rings. The third kappa shape index (κ3) is 6.31. The number of carboxylic acid groups (broad SMARTS) is 2. The predicted molar refractivity (Wildman–Crippen MR) is 126 cm³/mol. The monoisotopic (exact) mass is 474 g/mol. The number of benzene rings is 1. The van der Waals surface area contributed by atoms with Crippen molar-refractivity contribution in [3.63, 3.8) is 0 Å². The molecule has 0 aliphatic heterocycles. The summed E-state index contributed by atoms with van der Waals surface area (Å²) in [6, 6.07) is 0. The van der Waals surface area contributed by atoms with Gasteiger partial charge in [0.2, 0.25) is 0 Å². The van der Waals surface area contributed by atoms with Gasteiger partial charge in [0.25, 0.3) is 0 Å². The summed E-state index contributed by atoms with van der Waals surface area (Å²) in [4.78, 5) is 22.9. The van der Waals surface area contributed by atoms with Gasteiger partial charge in [-0.25, -0.2) is 0 Å². The van der Waals surface area contributed by atoms with E-state index in [0.717, 1.165) is 0 Å². The number of rotatable bonds is 10. The van der Waals surface area contributed by atoms with Crippen molar-refractivity contribution < 1.29 is 35.1 Å². The van der Waals surface area contributed by atoms with Crippen molar-refractivity contribution >= 4 is 37.2 Å². The number of hydrogen-bond donors (Lipinski definition) is 7. The molecule has 0 radical (unpaired) electrons. The number of aliphatic carboxylic acids is 2. The minimum absolute atomic E-state index is 0.140. The summed E-state index contributed by atoms with van der Waals surface area (Å²) in [6.45, 7) is 8.50. The summed E-state index contributed by atoms with van der Waals surface area (Å²) in [5.41, 5.74) is 1.62. The Morgan fingerprint density at radius 2 is 1.19 bits per heavy atom. The second kappa shape index (κ2) is 10.9. The van der Waals surface area contributed by atoms with E-state index in [1.54, 1.807) is 13.8 Å². The summed E-state index contributed by atoms with van der Waals surface area (Å²) < 4.78 is 0. The van der Waals surface area contributed by atoms with Crippen LogP contribution in [0.5, 0.6) is 5.75 Å². The highest BCUT2D eigenvalue weighted by molar-refractivity contribution is 7.80. The Labute approximate surface area is 194 Å². The first-order valence-electron chi connectivity index (χ1n) is 10.1. The molecule has 0 saturated heterocycles. The molecule has 0 spiro atoms.